The Hall–Kier alpha value is -1.71. The molecule has 1 aromatic heterocycles. The Morgan fingerprint density at radius 2 is 1.83 bits per heavy atom. The van der Waals surface area contributed by atoms with Gasteiger partial charge < -0.3 is 10.5 Å². The number of nitrogens with two attached hydrogens (primary N) is 1. The maximum atomic E-state index is 5.48. The minimum absolute atomic E-state index is 0.104. The summed E-state index contributed by atoms with van der Waals surface area (Å²) in [5, 5.41) is 6.10. The van der Waals surface area contributed by atoms with Gasteiger partial charge in [0.25, 0.3) is 0 Å². The van der Waals surface area contributed by atoms with Gasteiger partial charge in [0.2, 0.25) is 0 Å². The van der Waals surface area contributed by atoms with Gasteiger partial charge in [-0.15, -0.1) is 0 Å². The van der Waals surface area contributed by atoms with Gasteiger partial charge in [0.05, 0.1) is 12.5 Å². The predicted octanol–water partition coefficient (Wildman–Crippen LogP) is 5.82. The summed E-state index contributed by atoms with van der Waals surface area (Å²) in [5.74, 6) is 1.63. The fraction of sp³-hybridized carbons (Fsp3) is 0.632. The van der Waals surface area contributed by atoms with Crippen LogP contribution in [0.25, 0.3) is 0 Å². The van der Waals surface area contributed by atoms with Gasteiger partial charge in [-0.2, -0.15) is 5.10 Å². The van der Waals surface area contributed by atoms with Gasteiger partial charge in [0.15, 0.2) is 0 Å². The van der Waals surface area contributed by atoms with Crippen LogP contribution >= 0.6 is 0 Å². The third kappa shape index (κ3) is 12.5. The quantitative estimate of drug-likeness (QED) is 0.689. The van der Waals surface area contributed by atoms with E-state index in [9.17, 15) is 0 Å². The molecular weight excluding hydrogens is 286 g/mol. The standard InChI is InChI=1S/C11H20O.C5H10.C3H5N3/c1-6-8-9-12-10(7-2)11(3,4)5;1-2-4-5-3-1;4-3-1-2-5-6-3/h7-9H,6H2,1-5H3;1-5H2;1-2H,(H3,4,5,6)/b9-8+,10-7-;;. The Kier molecular flexibility index (Phi) is 11.8. The molecule has 3 N–H and O–H groups in total. The van der Waals surface area contributed by atoms with Crippen LogP contribution in [0.3, 0.4) is 0 Å². The average molecular weight is 322 g/mol. The summed E-state index contributed by atoms with van der Waals surface area (Å²) in [6.45, 7) is 10.5. The van der Waals surface area contributed by atoms with Crippen molar-refractivity contribution >= 4 is 5.82 Å². The summed E-state index contributed by atoms with van der Waals surface area (Å²) in [4.78, 5) is 0. The van der Waals surface area contributed by atoms with E-state index in [4.69, 9.17) is 10.5 Å². The number of hydrogen-bond acceptors (Lipinski definition) is 3. The van der Waals surface area contributed by atoms with E-state index in [-0.39, 0.29) is 5.41 Å². The Balaban J connectivity index is 0.000000359. The topological polar surface area (TPSA) is 63.9 Å². The third-order valence-corrected chi connectivity index (χ3v) is 3.30. The summed E-state index contributed by atoms with van der Waals surface area (Å²) in [7, 11) is 0. The molecule has 0 radical (unpaired) electrons. The molecule has 0 spiro atoms. The molecule has 2 rings (SSSR count). The lowest BCUT2D eigenvalue weighted by molar-refractivity contribution is 0.244. The van der Waals surface area contributed by atoms with E-state index >= 15 is 0 Å². The average Bonchev–Trinajstić information content (AvgIpc) is 3.18. The second kappa shape index (κ2) is 12.8. The minimum Gasteiger partial charge on any atom is -0.469 e. The smallest absolute Gasteiger partial charge is 0.118 e. The number of anilines is 1. The van der Waals surface area contributed by atoms with Crippen LogP contribution in [-0.4, -0.2) is 10.2 Å². The number of nitrogens with one attached hydrogen (secondary N) is 1. The molecule has 0 saturated heterocycles. The SMILES string of the molecule is C/C=C(\O/C=C/CC)C(C)(C)C.C1CCCC1.Nc1ccn[nH]1. The molecular formula is C19H35N3O. The van der Waals surface area contributed by atoms with E-state index in [0.29, 0.717) is 5.82 Å². The van der Waals surface area contributed by atoms with Crippen molar-refractivity contribution in [3.05, 3.63) is 36.4 Å². The van der Waals surface area contributed by atoms with Crippen LogP contribution in [0.1, 0.15) is 73.1 Å². The summed E-state index contributed by atoms with van der Waals surface area (Å²) in [6.07, 6.45) is 15.9. The second-order valence-corrected chi connectivity index (χ2v) is 6.58. The van der Waals surface area contributed by atoms with Crippen LogP contribution in [0.5, 0.6) is 0 Å². The number of allylic oxidation sites excluding steroid dienone is 3. The lowest BCUT2D eigenvalue weighted by Gasteiger charge is -2.20. The molecule has 4 nitrogen and oxygen atoms in total. The van der Waals surface area contributed by atoms with Crippen molar-refractivity contribution in [2.45, 2.75) is 73.1 Å². The van der Waals surface area contributed by atoms with Crippen LogP contribution < -0.4 is 5.73 Å². The molecule has 1 aromatic rings. The first-order valence-electron chi connectivity index (χ1n) is 8.65. The third-order valence-electron chi connectivity index (χ3n) is 3.30. The molecule has 1 fully saturated rings. The maximum absolute atomic E-state index is 5.48. The fourth-order valence-corrected chi connectivity index (χ4v) is 2.05. The van der Waals surface area contributed by atoms with E-state index in [1.807, 2.05) is 19.1 Å². The highest BCUT2D eigenvalue weighted by Gasteiger charge is 2.16. The zero-order valence-electron chi connectivity index (χ0n) is 15.6. The highest BCUT2D eigenvalue weighted by Crippen LogP contribution is 2.25. The first-order chi connectivity index (χ1) is 10.9. The fourth-order valence-electron chi connectivity index (χ4n) is 2.05. The van der Waals surface area contributed by atoms with Gasteiger partial charge in [-0.3, -0.25) is 5.10 Å². The Labute approximate surface area is 142 Å². The molecule has 23 heavy (non-hydrogen) atoms. The molecule has 1 saturated carbocycles. The van der Waals surface area contributed by atoms with E-state index in [0.717, 1.165) is 12.2 Å². The van der Waals surface area contributed by atoms with E-state index in [1.54, 1.807) is 18.5 Å². The Bertz CT molecular complexity index is 416. The number of nitrogens with zero attached hydrogens (tertiary/aromatic N) is 1. The van der Waals surface area contributed by atoms with Gasteiger partial charge in [0.1, 0.15) is 11.6 Å². The van der Waals surface area contributed by atoms with Crippen LogP contribution in [0.2, 0.25) is 0 Å². The maximum Gasteiger partial charge on any atom is 0.118 e. The molecule has 0 bridgehead atoms. The van der Waals surface area contributed by atoms with Crippen LogP contribution in [0.15, 0.2) is 36.4 Å². The number of hydrogen-bond donors (Lipinski definition) is 2. The normalized spacial score (nSPS) is 14.7. The summed E-state index contributed by atoms with van der Waals surface area (Å²) in [5.41, 5.74) is 5.26. The molecule has 0 aliphatic heterocycles. The van der Waals surface area contributed by atoms with Gasteiger partial charge in [-0.1, -0.05) is 59.8 Å². The molecule has 1 aliphatic rings. The van der Waals surface area contributed by atoms with Crippen LogP contribution in [0.4, 0.5) is 5.82 Å². The second-order valence-electron chi connectivity index (χ2n) is 6.58. The molecule has 0 unspecified atom stereocenters. The van der Waals surface area contributed by atoms with Crippen LogP contribution in [-0.2, 0) is 4.74 Å². The Morgan fingerprint density at radius 1 is 1.26 bits per heavy atom. The highest BCUT2D eigenvalue weighted by molar-refractivity contribution is 5.22. The van der Waals surface area contributed by atoms with Gasteiger partial charge in [-0.25, -0.2) is 0 Å². The summed E-state index contributed by atoms with van der Waals surface area (Å²) in [6, 6.07) is 1.69. The van der Waals surface area contributed by atoms with Gasteiger partial charge >= 0.3 is 0 Å². The molecule has 132 valence electrons. The number of ether oxygens (including phenoxy) is 1. The van der Waals surface area contributed by atoms with Crippen molar-refractivity contribution in [2.75, 3.05) is 5.73 Å². The number of rotatable bonds is 3. The first-order valence-corrected chi connectivity index (χ1v) is 8.65. The monoisotopic (exact) mass is 321 g/mol. The molecule has 1 aliphatic carbocycles. The Morgan fingerprint density at radius 3 is 2.09 bits per heavy atom. The molecule has 4 heteroatoms. The van der Waals surface area contributed by atoms with Crippen molar-refractivity contribution in [1.82, 2.24) is 10.2 Å². The summed E-state index contributed by atoms with van der Waals surface area (Å²) >= 11 is 0. The minimum atomic E-state index is 0.104. The van der Waals surface area contributed by atoms with E-state index in [1.165, 1.54) is 32.1 Å². The van der Waals surface area contributed by atoms with Crippen molar-refractivity contribution in [3.8, 4) is 0 Å². The molecule has 0 aromatic carbocycles. The highest BCUT2D eigenvalue weighted by atomic mass is 16.5. The van der Waals surface area contributed by atoms with Crippen molar-refractivity contribution < 1.29 is 4.74 Å². The van der Waals surface area contributed by atoms with Gasteiger partial charge in [-0.05, 0) is 31.6 Å². The largest absolute Gasteiger partial charge is 0.469 e. The van der Waals surface area contributed by atoms with E-state index in [2.05, 4.69) is 37.9 Å². The molecule has 1 heterocycles. The molecule has 0 amide bonds. The zero-order chi connectivity index (χ0) is 17.6. The number of aromatic nitrogens is 2. The van der Waals surface area contributed by atoms with Gasteiger partial charge in [0, 0.05) is 5.41 Å². The van der Waals surface area contributed by atoms with Crippen LogP contribution in [0, 0.1) is 5.41 Å². The van der Waals surface area contributed by atoms with Crippen molar-refractivity contribution in [3.63, 3.8) is 0 Å². The lowest BCUT2D eigenvalue weighted by Crippen LogP contribution is -2.10. The van der Waals surface area contributed by atoms with Crippen molar-refractivity contribution in [1.29, 1.82) is 0 Å². The number of nitrogen functional groups attached to an aromatic ring is 1. The first kappa shape index (κ1) is 21.3. The van der Waals surface area contributed by atoms with Crippen molar-refractivity contribution in [2.24, 2.45) is 5.41 Å². The van der Waals surface area contributed by atoms with E-state index < -0.39 is 0 Å². The molecule has 0 atom stereocenters. The predicted molar refractivity (Wildman–Crippen MR) is 99.8 cm³/mol. The zero-order valence-corrected chi connectivity index (χ0v) is 15.6. The number of aromatic amines is 1. The summed E-state index contributed by atoms with van der Waals surface area (Å²) < 4.78 is 5.48. The lowest BCUT2D eigenvalue weighted by atomic mass is 9.94. The number of H-pyrrole nitrogens is 1.